The molecule has 4 aliphatic rings. The number of hydrogen-bond acceptors (Lipinski definition) is 8. The van der Waals surface area contributed by atoms with Gasteiger partial charge in [-0.15, -0.1) is 0 Å². The minimum Gasteiger partial charge on any atom is -0.447 e. The topological polar surface area (TPSA) is 132 Å². The third kappa shape index (κ3) is 2.37. The highest BCUT2D eigenvalue weighted by atomic mass is 16.7. The Morgan fingerprint density at radius 3 is 2.22 bits per heavy atom. The monoisotopic (exact) mass is 432 g/mol. The molecule has 5 rings (SSSR count). The van der Waals surface area contributed by atoms with Crippen molar-refractivity contribution in [3.63, 3.8) is 0 Å². The summed E-state index contributed by atoms with van der Waals surface area (Å²) in [4.78, 5) is 0. The van der Waals surface area contributed by atoms with Crippen molar-refractivity contribution in [1.29, 1.82) is 21.2 Å². The molecular formula is C24H24N4O4. The van der Waals surface area contributed by atoms with Crippen molar-refractivity contribution in [3.05, 3.63) is 35.4 Å². The highest BCUT2D eigenvalue weighted by Crippen LogP contribution is 2.70. The number of benzene rings is 1. The number of hydrogen-bond donors (Lipinski definition) is 1. The van der Waals surface area contributed by atoms with Crippen molar-refractivity contribution in [2.75, 3.05) is 13.2 Å². The normalized spacial score (nSPS) is 36.1. The fraction of sp³-hybridized carbons (Fsp3) is 0.583. The van der Waals surface area contributed by atoms with Crippen LogP contribution in [0, 0.1) is 56.2 Å². The Morgan fingerprint density at radius 1 is 1.00 bits per heavy atom. The average molecular weight is 432 g/mol. The maximum Gasteiger partial charge on any atom is 0.218 e. The Morgan fingerprint density at radius 2 is 1.66 bits per heavy atom. The van der Waals surface area contributed by atoms with Crippen LogP contribution < -0.4 is 0 Å². The van der Waals surface area contributed by atoms with Gasteiger partial charge in [-0.3, -0.25) is 5.41 Å². The Balaban J connectivity index is 1.68. The number of rotatable bonds is 2. The van der Waals surface area contributed by atoms with Gasteiger partial charge in [0, 0.05) is 19.3 Å². The van der Waals surface area contributed by atoms with E-state index < -0.39 is 34.4 Å². The van der Waals surface area contributed by atoms with Crippen LogP contribution in [0.2, 0.25) is 0 Å². The van der Waals surface area contributed by atoms with E-state index in [4.69, 9.17) is 24.4 Å². The fourth-order valence-corrected chi connectivity index (χ4v) is 5.91. The van der Waals surface area contributed by atoms with E-state index in [-0.39, 0.29) is 12.3 Å². The quantitative estimate of drug-likeness (QED) is 0.754. The van der Waals surface area contributed by atoms with Gasteiger partial charge < -0.3 is 18.9 Å². The third-order valence-corrected chi connectivity index (χ3v) is 7.64. The molecule has 3 aliphatic heterocycles. The molecule has 1 aliphatic carbocycles. The summed E-state index contributed by atoms with van der Waals surface area (Å²) >= 11 is 0. The lowest BCUT2D eigenvalue weighted by atomic mass is 9.51. The van der Waals surface area contributed by atoms with Crippen molar-refractivity contribution in [3.8, 4) is 18.2 Å². The van der Waals surface area contributed by atoms with E-state index in [0.717, 1.165) is 5.56 Å². The molecule has 32 heavy (non-hydrogen) atoms. The van der Waals surface area contributed by atoms with Crippen LogP contribution >= 0.6 is 0 Å². The molecule has 8 nitrogen and oxygen atoms in total. The summed E-state index contributed by atoms with van der Waals surface area (Å²) in [5, 5.41) is 39.9. The maximum absolute atomic E-state index is 10.5. The molecule has 0 radical (unpaired) electrons. The number of ether oxygens (including phenoxy) is 4. The Labute approximate surface area is 186 Å². The van der Waals surface area contributed by atoms with Crippen LogP contribution in [0.15, 0.2) is 24.3 Å². The molecule has 0 aromatic heterocycles. The average Bonchev–Trinajstić information content (AvgIpc) is 3.33. The second-order valence-electron chi connectivity index (χ2n) is 9.38. The summed E-state index contributed by atoms with van der Waals surface area (Å²) in [6.07, 6.45) is -0.0232. The van der Waals surface area contributed by atoms with E-state index >= 15 is 0 Å². The van der Waals surface area contributed by atoms with Gasteiger partial charge in [0.1, 0.15) is 6.10 Å². The summed E-state index contributed by atoms with van der Waals surface area (Å²) in [5.74, 6) is -3.01. The van der Waals surface area contributed by atoms with Crippen molar-refractivity contribution >= 4 is 5.90 Å². The van der Waals surface area contributed by atoms with Gasteiger partial charge in [0.05, 0.1) is 37.3 Å². The van der Waals surface area contributed by atoms with Crippen LogP contribution in [0.4, 0.5) is 0 Å². The van der Waals surface area contributed by atoms with E-state index in [0.29, 0.717) is 37.5 Å². The fourth-order valence-electron chi connectivity index (χ4n) is 5.91. The van der Waals surface area contributed by atoms with Crippen LogP contribution in [-0.4, -0.2) is 30.7 Å². The molecule has 1 saturated carbocycles. The van der Waals surface area contributed by atoms with E-state index in [1.165, 1.54) is 0 Å². The van der Waals surface area contributed by atoms with Gasteiger partial charge in [-0.2, -0.15) is 15.8 Å². The molecule has 2 bridgehead atoms. The summed E-state index contributed by atoms with van der Waals surface area (Å²) in [7, 11) is 0. The van der Waals surface area contributed by atoms with Crippen LogP contribution in [0.1, 0.15) is 56.3 Å². The van der Waals surface area contributed by atoms with Crippen molar-refractivity contribution < 1.29 is 18.9 Å². The Hall–Kier alpha value is -2.96. The minimum absolute atomic E-state index is 0.215. The SMILES string of the molecule is CC(C)c1ccc(C2OC34CCC5(CC3C(C#N)(C(=N)O4)C2(C#N)C#N)OCCO5)cc1. The van der Waals surface area contributed by atoms with Gasteiger partial charge in [0.15, 0.2) is 11.2 Å². The molecule has 4 fully saturated rings. The van der Waals surface area contributed by atoms with Crippen molar-refractivity contribution in [1.82, 2.24) is 0 Å². The molecule has 0 amide bonds. The lowest BCUT2D eigenvalue weighted by molar-refractivity contribution is -0.330. The molecule has 8 heteroatoms. The summed E-state index contributed by atoms with van der Waals surface area (Å²) in [5.41, 5.74) is -2.06. The smallest absolute Gasteiger partial charge is 0.218 e. The van der Waals surface area contributed by atoms with E-state index in [1.54, 1.807) is 0 Å². The second-order valence-corrected chi connectivity index (χ2v) is 9.38. The van der Waals surface area contributed by atoms with Gasteiger partial charge in [-0.25, -0.2) is 0 Å². The zero-order valence-corrected chi connectivity index (χ0v) is 18.1. The summed E-state index contributed by atoms with van der Waals surface area (Å²) < 4.78 is 24.2. The maximum atomic E-state index is 10.5. The molecule has 4 unspecified atom stereocenters. The summed E-state index contributed by atoms with van der Waals surface area (Å²) in [6, 6.07) is 13.9. The van der Waals surface area contributed by atoms with E-state index in [2.05, 4.69) is 32.1 Å². The molecule has 3 heterocycles. The van der Waals surface area contributed by atoms with Crippen molar-refractivity contribution in [2.45, 2.75) is 56.7 Å². The first-order valence-electron chi connectivity index (χ1n) is 10.9. The minimum atomic E-state index is -1.97. The molecule has 164 valence electrons. The molecule has 1 N–H and O–H groups in total. The van der Waals surface area contributed by atoms with Gasteiger partial charge in [0.25, 0.3) is 0 Å². The molecular weight excluding hydrogens is 408 g/mol. The molecule has 3 saturated heterocycles. The van der Waals surface area contributed by atoms with Gasteiger partial charge in [0.2, 0.25) is 17.1 Å². The zero-order valence-electron chi connectivity index (χ0n) is 18.1. The number of nitriles is 3. The first kappa shape index (κ1) is 20.9. The number of nitrogens with one attached hydrogen (secondary N) is 1. The first-order valence-corrected chi connectivity index (χ1v) is 10.9. The largest absolute Gasteiger partial charge is 0.447 e. The predicted molar refractivity (Wildman–Crippen MR) is 110 cm³/mol. The Kier molecular flexibility index (Phi) is 4.42. The molecule has 1 spiro atoms. The second kappa shape index (κ2) is 6.77. The van der Waals surface area contributed by atoms with E-state index in [9.17, 15) is 15.8 Å². The standard InChI is InChI=1S/C24H24N4O4/c1-15(2)16-3-5-17(6-4-16)19-21(12-25,13-26)23(14-27)18-11-22(29-9-10-30-22)7-8-24(18,31-19)32-20(23)28/h3-6,15,18-19,28H,7-11H2,1-2H3. The third-order valence-electron chi connectivity index (χ3n) is 7.64. The van der Waals surface area contributed by atoms with Gasteiger partial charge in [-0.1, -0.05) is 38.1 Å². The zero-order chi connectivity index (χ0) is 22.8. The van der Waals surface area contributed by atoms with Crippen LogP contribution in [0.25, 0.3) is 0 Å². The highest BCUT2D eigenvalue weighted by Gasteiger charge is 2.82. The molecule has 1 aromatic carbocycles. The van der Waals surface area contributed by atoms with Gasteiger partial charge in [-0.05, 0) is 17.0 Å². The number of nitrogens with zero attached hydrogens (tertiary/aromatic N) is 3. The van der Waals surface area contributed by atoms with Crippen LogP contribution in [0.3, 0.4) is 0 Å². The lowest BCUT2D eigenvalue weighted by Gasteiger charge is -2.54. The summed E-state index contributed by atoms with van der Waals surface area (Å²) in [6.45, 7) is 5.03. The molecule has 4 atom stereocenters. The Bertz CT molecular complexity index is 1070. The predicted octanol–water partition coefficient (Wildman–Crippen LogP) is 3.67. The molecule has 1 aromatic rings. The van der Waals surface area contributed by atoms with Crippen LogP contribution in [-0.2, 0) is 18.9 Å². The highest BCUT2D eigenvalue weighted by molar-refractivity contribution is 5.89. The lowest BCUT2D eigenvalue weighted by Crippen LogP contribution is -2.63. The van der Waals surface area contributed by atoms with Crippen molar-refractivity contribution in [2.24, 2.45) is 16.7 Å². The van der Waals surface area contributed by atoms with E-state index in [1.807, 2.05) is 24.3 Å². The first-order chi connectivity index (χ1) is 15.3. The van der Waals surface area contributed by atoms with Crippen LogP contribution in [0.5, 0.6) is 0 Å². The van der Waals surface area contributed by atoms with Gasteiger partial charge >= 0.3 is 0 Å².